The highest BCUT2D eigenvalue weighted by molar-refractivity contribution is 6.03. The Morgan fingerprint density at radius 3 is 0.600 bits per heavy atom. The Hall–Kier alpha value is -13.4. The number of rotatable bonds is 18. The summed E-state index contributed by atoms with van der Waals surface area (Å²) in [5.74, 6) is 0. The molecule has 6 nitrogen and oxygen atoms in total. The van der Waals surface area contributed by atoms with Gasteiger partial charge in [0, 0.05) is 90.4 Å². The van der Waals surface area contributed by atoms with Gasteiger partial charge in [0.2, 0.25) is 0 Å². The van der Waals surface area contributed by atoms with Gasteiger partial charge in [0.25, 0.3) is 0 Å². The fourth-order valence-corrected chi connectivity index (χ4v) is 14.1. The van der Waals surface area contributed by atoms with Crippen LogP contribution in [0.15, 0.2) is 413 Å². The first-order chi connectivity index (χ1) is 49.6. The molecular weight excluding hydrogens is 1210 g/mol. The van der Waals surface area contributed by atoms with Crippen LogP contribution in [0.4, 0.5) is 68.2 Å². The second kappa shape index (κ2) is 27.0. The zero-order chi connectivity index (χ0) is 66.6. The smallest absolute Gasteiger partial charge is 0.0542 e. The first-order valence-corrected chi connectivity index (χ1v) is 34.0. The first-order valence-electron chi connectivity index (χ1n) is 34.0. The molecule has 2 aromatic heterocycles. The highest BCUT2D eigenvalue weighted by Crippen LogP contribution is 2.45. The van der Waals surface area contributed by atoms with Crippen molar-refractivity contribution in [2.24, 2.45) is 0 Å². The average Bonchev–Trinajstić information content (AvgIpc) is 1.58. The summed E-state index contributed by atoms with van der Waals surface area (Å²) >= 11 is 0. The number of benzene rings is 15. The molecule has 15 aromatic carbocycles. The van der Waals surface area contributed by atoms with E-state index in [1.54, 1.807) is 0 Å². The van der Waals surface area contributed by atoms with Gasteiger partial charge in [-0.05, 0) is 240 Å². The average molecular weight is 1280 g/mol. The van der Waals surface area contributed by atoms with E-state index in [0.717, 1.165) is 135 Å². The summed E-state index contributed by atoms with van der Waals surface area (Å²) in [5.41, 5.74) is 26.3. The summed E-state index contributed by atoms with van der Waals surface area (Å²) < 4.78 is 4.92. The highest BCUT2D eigenvalue weighted by atomic mass is 15.2. The van der Waals surface area contributed by atoms with E-state index in [9.17, 15) is 0 Å². The Bertz CT molecular complexity index is 5160. The van der Waals surface area contributed by atoms with Crippen molar-refractivity contribution in [2.45, 2.75) is 0 Å². The zero-order valence-corrected chi connectivity index (χ0v) is 54.9. The van der Waals surface area contributed by atoms with Gasteiger partial charge < -0.3 is 28.7 Å². The highest BCUT2D eigenvalue weighted by Gasteiger charge is 2.23. The third-order valence-electron chi connectivity index (χ3n) is 18.8. The number of anilines is 12. The molecule has 0 saturated carbocycles. The first kappa shape index (κ1) is 60.3. The van der Waals surface area contributed by atoms with Crippen molar-refractivity contribution < 1.29 is 0 Å². The zero-order valence-electron chi connectivity index (χ0n) is 54.9. The third kappa shape index (κ3) is 11.9. The maximum Gasteiger partial charge on any atom is 0.0542 e. The monoisotopic (exact) mass is 1280 g/mol. The largest absolute Gasteiger partial charge is 0.311 e. The lowest BCUT2D eigenvalue weighted by atomic mass is 10.0. The van der Waals surface area contributed by atoms with Gasteiger partial charge in [-0.1, -0.05) is 206 Å². The maximum absolute atomic E-state index is 2.46. The van der Waals surface area contributed by atoms with Crippen LogP contribution in [0.1, 0.15) is 0 Å². The Kier molecular flexibility index (Phi) is 16.3. The van der Waals surface area contributed by atoms with Crippen LogP contribution < -0.4 is 19.6 Å². The van der Waals surface area contributed by atoms with Gasteiger partial charge in [0.15, 0.2) is 0 Å². The van der Waals surface area contributed by atoms with Gasteiger partial charge in [-0.2, -0.15) is 0 Å². The molecule has 0 bridgehead atoms. The molecule has 0 saturated heterocycles. The van der Waals surface area contributed by atoms with E-state index < -0.39 is 0 Å². The Balaban J connectivity index is 0.795. The predicted molar refractivity (Wildman–Crippen MR) is 421 cm³/mol. The van der Waals surface area contributed by atoms with Crippen molar-refractivity contribution in [1.29, 1.82) is 0 Å². The molecule has 2 heterocycles. The van der Waals surface area contributed by atoms with Crippen molar-refractivity contribution in [2.75, 3.05) is 19.6 Å². The van der Waals surface area contributed by atoms with Gasteiger partial charge in [-0.25, -0.2) is 0 Å². The Labute approximate surface area is 583 Å². The number of nitrogens with zero attached hydrogens (tertiary/aromatic N) is 6. The molecule has 17 aromatic rings. The van der Waals surface area contributed by atoms with Crippen LogP contribution in [-0.2, 0) is 0 Å². The molecule has 0 amide bonds. The minimum atomic E-state index is 1.04. The SMILES string of the molecule is c1ccc(-c2cccc(-c3cc4cc5c(cc(-c6cccc(-c7ccccc7)c6)n5-c5ccc(N(c6ccccc6)c6ccc(N(c7ccccc7)c7ccccc7)cc6)cc5)cc4n3-c3ccc(N(c4ccccc4)c4ccc(N(c5ccccc5)c5ccccc5)cc4)cc3)c2)cc1. The molecule has 17 rings (SSSR count). The maximum atomic E-state index is 2.46. The van der Waals surface area contributed by atoms with Crippen molar-refractivity contribution in [3.63, 3.8) is 0 Å². The summed E-state index contributed by atoms with van der Waals surface area (Å²) in [6, 6.07) is 149. The number of hydrogen-bond donors (Lipinski definition) is 0. The molecule has 0 aliphatic heterocycles. The van der Waals surface area contributed by atoms with E-state index in [2.05, 4.69) is 441 Å². The normalized spacial score (nSPS) is 11.2. The quantitative estimate of drug-likeness (QED) is 0.0854. The lowest BCUT2D eigenvalue weighted by molar-refractivity contribution is 1.13. The number of fused-ring (bicyclic) bond motifs is 2. The van der Waals surface area contributed by atoms with E-state index in [1.807, 2.05) is 0 Å². The van der Waals surface area contributed by atoms with Crippen molar-refractivity contribution in [3.8, 4) is 56.1 Å². The van der Waals surface area contributed by atoms with Crippen LogP contribution in [-0.4, -0.2) is 9.13 Å². The van der Waals surface area contributed by atoms with E-state index in [-0.39, 0.29) is 0 Å². The molecule has 0 N–H and O–H groups in total. The lowest BCUT2D eigenvalue weighted by Crippen LogP contribution is -2.12. The molecule has 0 atom stereocenters. The lowest BCUT2D eigenvalue weighted by Gasteiger charge is -2.28. The third-order valence-corrected chi connectivity index (χ3v) is 18.8. The van der Waals surface area contributed by atoms with Gasteiger partial charge in [-0.15, -0.1) is 0 Å². The minimum absolute atomic E-state index is 1.04. The fraction of sp³-hybridized carbons (Fsp3) is 0. The molecule has 0 radical (unpaired) electrons. The van der Waals surface area contributed by atoms with Crippen LogP contribution in [0.5, 0.6) is 0 Å². The predicted octanol–water partition coefficient (Wildman–Crippen LogP) is 26.1. The van der Waals surface area contributed by atoms with E-state index in [1.165, 1.54) is 11.1 Å². The van der Waals surface area contributed by atoms with Crippen LogP contribution in [0.25, 0.3) is 77.9 Å². The van der Waals surface area contributed by atoms with Crippen LogP contribution in [0.2, 0.25) is 0 Å². The summed E-state index contributed by atoms with van der Waals surface area (Å²) in [6.45, 7) is 0. The van der Waals surface area contributed by atoms with Gasteiger partial charge in [-0.3, -0.25) is 0 Å². The Morgan fingerprint density at radius 1 is 0.150 bits per heavy atom. The fourth-order valence-electron chi connectivity index (χ4n) is 14.1. The second-order valence-electron chi connectivity index (χ2n) is 25.0. The number of aromatic nitrogens is 2. The molecule has 474 valence electrons. The molecular formula is C94H68N6. The number of para-hydroxylation sites is 6. The van der Waals surface area contributed by atoms with Crippen molar-refractivity contribution in [3.05, 3.63) is 413 Å². The molecule has 0 aliphatic rings. The summed E-state index contributed by atoms with van der Waals surface area (Å²) in [4.78, 5) is 9.30. The second-order valence-corrected chi connectivity index (χ2v) is 25.0. The molecule has 100 heavy (non-hydrogen) atoms. The molecule has 0 spiro atoms. The van der Waals surface area contributed by atoms with Gasteiger partial charge >= 0.3 is 0 Å². The summed E-state index contributed by atoms with van der Waals surface area (Å²) in [7, 11) is 0. The minimum Gasteiger partial charge on any atom is -0.311 e. The standard InChI is InChI=1S/C94H68N6/c1-9-27-69(28-10-1)71-31-25-33-73(63-71)91-65-75-67-94-76(68-93(75)99(91)89-59-55-87(56-60-89)97(81-43-21-7-22-44-81)85-51-47-83(48-52-85)95(77-35-13-3-14-36-77)78-37-15-4-16-38-78)66-92(74-34-26-32-72(64-74)70-29-11-2-12-30-70)100(94)90-61-57-88(58-62-90)98(82-45-23-8-24-46-82)86-53-49-84(50-54-86)96(79-39-17-5-18-40-79)80-41-19-6-20-42-80/h1-68H. The van der Waals surface area contributed by atoms with E-state index in [4.69, 9.17) is 0 Å². The van der Waals surface area contributed by atoms with Crippen molar-refractivity contribution >= 4 is 90.1 Å². The van der Waals surface area contributed by atoms with Gasteiger partial charge in [0.05, 0.1) is 22.4 Å². The van der Waals surface area contributed by atoms with Crippen LogP contribution >= 0.6 is 0 Å². The summed E-state index contributed by atoms with van der Waals surface area (Å²) in [6.07, 6.45) is 0. The Morgan fingerprint density at radius 2 is 0.350 bits per heavy atom. The van der Waals surface area contributed by atoms with Gasteiger partial charge in [0.1, 0.15) is 0 Å². The molecule has 0 fully saturated rings. The van der Waals surface area contributed by atoms with Crippen LogP contribution in [0, 0.1) is 0 Å². The van der Waals surface area contributed by atoms with E-state index >= 15 is 0 Å². The molecule has 0 aliphatic carbocycles. The summed E-state index contributed by atoms with van der Waals surface area (Å²) in [5, 5.41) is 2.25. The number of hydrogen-bond acceptors (Lipinski definition) is 4. The molecule has 0 unspecified atom stereocenters. The topological polar surface area (TPSA) is 22.8 Å². The molecule has 6 heteroatoms. The van der Waals surface area contributed by atoms with E-state index in [0.29, 0.717) is 0 Å². The van der Waals surface area contributed by atoms with Crippen LogP contribution in [0.3, 0.4) is 0 Å². The van der Waals surface area contributed by atoms with Crippen molar-refractivity contribution in [1.82, 2.24) is 9.13 Å².